The molecule has 0 radical (unpaired) electrons. The average molecular weight is 290 g/mol. The summed E-state index contributed by atoms with van der Waals surface area (Å²) in [6, 6.07) is 6.17. The van der Waals surface area contributed by atoms with Crippen molar-refractivity contribution in [1.82, 2.24) is 4.90 Å². The largest absolute Gasteiger partial charge is 0.278 e. The monoisotopic (exact) mass is 290 g/mol. The van der Waals surface area contributed by atoms with Crippen LogP contribution in [0.25, 0.3) is 0 Å². The van der Waals surface area contributed by atoms with E-state index in [0.29, 0.717) is 5.56 Å². The van der Waals surface area contributed by atoms with Gasteiger partial charge in [0.05, 0.1) is 11.5 Å². The standard InChI is InChI=1S/C15H18N2O4/c1-10-14(19)16(13(18)8-15(10,2)3)9-11-6-4-5-7-12(11)17(20)21/h4-7,10H,8-9H2,1-3H3. The smallest absolute Gasteiger partial charge is 0.274 e. The summed E-state index contributed by atoms with van der Waals surface area (Å²) in [5.41, 5.74) is -0.0838. The number of hydrogen-bond acceptors (Lipinski definition) is 4. The van der Waals surface area contributed by atoms with Crippen LogP contribution >= 0.6 is 0 Å². The Morgan fingerprint density at radius 2 is 1.95 bits per heavy atom. The van der Waals surface area contributed by atoms with Crippen molar-refractivity contribution in [3.63, 3.8) is 0 Å². The first-order valence-electron chi connectivity index (χ1n) is 6.80. The number of likely N-dealkylation sites (tertiary alicyclic amines) is 1. The molecule has 1 atom stereocenters. The number of hydrogen-bond donors (Lipinski definition) is 0. The van der Waals surface area contributed by atoms with Crippen molar-refractivity contribution < 1.29 is 14.5 Å². The van der Waals surface area contributed by atoms with Gasteiger partial charge < -0.3 is 0 Å². The van der Waals surface area contributed by atoms with Crippen LogP contribution in [-0.2, 0) is 16.1 Å². The summed E-state index contributed by atoms with van der Waals surface area (Å²) >= 11 is 0. The Bertz CT molecular complexity index is 609. The van der Waals surface area contributed by atoms with Crippen LogP contribution in [0.2, 0.25) is 0 Å². The number of carbonyl (C=O) groups is 2. The van der Waals surface area contributed by atoms with Crippen LogP contribution in [0.1, 0.15) is 32.8 Å². The Kier molecular flexibility index (Phi) is 3.80. The average Bonchev–Trinajstić information content (AvgIpc) is 2.41. The van der Waals surface area contributed by atoms with E-state index in [2.05, 4.69) is 0 Å². The third-order valence-electron chi connectivity index (χ3n) is 4.23. The maximum atomic E-state index is 12.4. The molecule has 0 bridgehead atoms. The first-order chi connectivity index (χ1) is 9.74. The fourth-order valence-electron chi connectivity index (χ4n) is 2.49. The number of imide groups is 1. The molecule has 0 aliphatic carbocycles. The van der Waals surface area contributed by atoms with Gasteiger partial charge >= 0.3 is 0 Å². The third-order valence-corrected chi connectivity index (χ3v) is 4.23. The zero-order chi connectivity index (χ0) is 15.8. The van der Waals surface area contributed by atoms with Gasteiger partial charge in [-0.25, -0.2) is 0 Å². The zero-order valence-corrected chi connectivity index (χ0v) is 12.3. The van der Waals surface area contributed by atoms with E-state index >= 15 is 0 Å². The van der Waals surface area contributed by atoms with Crippen molar-refractivity contribution in [2.75, 3.05) is 0 Å². The van der Waals surface area contributed by atoms with Crippen LogP contribution < -0.4 is 0 Å². The molecule has 1 unspecified atom stereocenters. The van der Waals surface area contributed by atoms with Gasteiger partial charge in [-0.2, -0.15) is 0 Å². The molecule has 0 spiro atoms. The van der Waals surface area contributed by atoms with Crippen molar-refractivity contribution in [1.29, 1.82) is 0 Å². The molecular weight excluding hydrogens is 272 g/mol. The van der Waals surface area contributed by atoms with Crippen molar-refractivity contribution in [3.8, 4) is 0 Å². The number of nitro benzene ring substituents is 1. The van der Waals surface area contributed by atoms with Gasteiger partial charge in [0.15, 0.2) is 0 Å². The van der Waals surface area contributed by atoms with Gasteiger partial charge in [-0.3, -0.25) is 24.6 Å². The fraction of sp³-hybridized carbons (Fsp3) is 0.467. The highest BCUT2D eigenvalue weighted by Gasteiger charge is 2.43. The third kappa shape index (κ3) is 2.79. The van der Waals surface area contributed by atoms with Gasteiger partial charge in [-0.05, 0) is 5.41 Å². The highest BCUT2D eigenvalue weighted by atomic mass is 16.6. The summed E-state index contributed by atoms with van der Waals surface area (Å²) in [5.74, 6) is -0.839. The minimum atomic E-state index is -0.498. The van der Waals surface area contributed by atoms with Crippen LogP contribution in [0.5, 0.6) is 0 Å². The van der Waals surface area contributed by atoms with Gasteiger partial charge in [0.25, 0.3) is 5.69 Å². The topological polar surface area (TPSA) is 80.5 Å². The minimum absolute atomic E-state index is 0.0464. The van der Waals surface area contributed by atoms with Gasteiger partial charge in [0.1, 0.15) is 0 Å². The Balaban J connectivity index is 2.30. The highest BCUT2D eigenvalue weighted by molar-refractivity contribution is 5.99. The number of carbonyl (C=O) groups excluding carboxylic acids is 2. The first kappa shape index (κ1) is 15.2. The van der Waals surface area contributed by atoms with Crippen molar-refractivity contribution >= 4 is 17.5 Å². The minimum Gasteiger partial charge on any atom is -0.278 e. The molecule has 21 heavy (non-hydrogen) atoms. The van der Waals surface area contributed by atoms with Crippen LogP contribution in [0.3, 0.4) is 0 Å². The van der Waals surface area contributed by atoms with Crippen molar-refractivity contribution in [3.05, 3.63) is 39.9 Å². The van der Waals surface area contributed by atoms with E-state index in [1.54, 1.807) is 25.1 Å². The summed E-state index contributed by atoms with van der Waals surface area (Å²) in [4.78, 5) is 36.2. The van der Waals surface area contributed by atoms with Crippen LogP contribution in [0.4, 0.5) is 5.69 Å². The summed E-state index contributed by atoms with van der Waals surface area (Å²) in [7, 11) is 0. The quantitative estimate of drug-likeness (QED) is 0.486. The maximum absolute atomic E-state index is 12.4. The summed E-state index contributed by atoms with van der Waals surface area (Å²) < 4.78 is 0. The lowest BCUT2D eigenvalue weighted by molar-refractivity contribution is -0.385. The number of benzene rings is 1. The molecule has 1 aliphatic heterocycles. The molecular formula is C15H18N2O4. The Labute approximate surface area is 122 Å². The van der Waals surface area contributed by atoms with Crippen LogP contribution in [-0.4, -0.2) is 21.6 Å². The second-order valence-corrected chi connectivity index (χ2v) is 6.09. The molecule has 1 aromatic rings. The molecule has 1 aromatic carbocycles. The van der Waals surface area contributed by atoms with E-state index in [1.807, 2.05) is 13.8 Å². The second kappa shape index (κ2) is 5.27. The first-order valence-corrected chi connectivity index (χ1v) is 6.80. The molecule has 0 N–H and O–H groups in total. The van der Waals surface area contributed by atoms with E-state index in [1.165, 1.54) is 6.07 Å². The normalized spacial score (nSPS) is 21.5. The molecule has 1 saturated heterocycles. The van der Waals surface area contributed by atoms with Crippen molar-refractivity contribution in [2.45, 2.75) is 33.7 Å². The molecule has 1 heterocycles. The molecule has 2 rings (SSSR count). The number of amides is 2. The number of nitro groups is 1. The summed E-state index contributed by atoms with van der Waals surface area (Å²) in [5, 5.41) is 11.0. The highest BCUT2D eigenvalue weighted by Crippen LogP contribution is 2.37. The Morgan fingerprint density at radius 3 is 2.57 bits per heavy atom. The Hall–Kier alpha value is -2.24. The lowest BCUT2D eigenvalue weighted by Crippen LogP contribution is -2.51. The summed E-state index contributed by atoms with van der Waals surface area (Å²) in [6.07, 6.45) is 0.264. The maximum Gasteiger partial charge on any atom is 0.274 e. The van der Waals surface area contributed by atoms with E-state index in [-0.39, 0.29) is 41.8 Å². The van der Waals surface area contributed by atoms with Gasteiger partial charge in [-0.15, -0.1) is 0 Å². The predicted molar refractivity (Wildman–Crippen MR) is 76.2 cm³/mol. The number of rotatable bonds is 3. The molecule has 2 amide bonds. The molecule has 1 aliphatic rings. The van der Waals surface area contributed by atoms with E-state index in [9.17, 15) is 19.7 Å². The fourth-order valence-corrected chi connectivity index (χ4v) is 2.49. The van der Waals surface area contributed by atoms with Crippen molar-refractivity contribution in [2.24, 2.45) is 11.3 Å². The molecule has 1 fully saturated rings. The molecule has 6 heteroatoms. The second-order valence-electron chi connectivity index (χ2n) is 6.09. The summed E-state index contributed by atoms with van der Waals surface area (Å²) in [6.45, 7) is 5.52. The van der Waals surface area contributed by atoms with Gasteiger partial charge in [0, 0.05) is 24.0 Å². The van der Waals surface area contributed by atoms with Gasteiger partial charge in [0.2, 0.25) is 11.8 Å². The molecule has 112 valence electrons. The lowest BCUT2D eigenvalue weighted by Gasteiger charge is -2.39. The number of nitrogens with zero attached hydrogens (tertiary/aromatic N) is 2. The van der Waals surface area contributed by atoms with E-state index in [0.717, 1.165) is 4.90 Å². The molecule has 6 nitrogen and oxygen atoms in total. The zero-order valence-electron chi connectivity index (χ0n) is 12.3. The predicted octanol–water partition coefficient (Wildman–Crippen LogP) is 2.52. The number of para-hydroxylation sites is 1. The molecule has 0 aromatic heterocycles. The van der Waals surface area contributed by atoms with Crippen LogP contribution in [0, 0.1) is 21.4 Å². The number of piperidine rings is 1. The van der Waals surface area contributed by atoms with E-state index < -0.39 is 4.92 Å². The van der Waals surface area contributed by atoms with Gasteiger partial charge in [-0.1, -0.05) is 39.0 Å². The van der Waals surface area contributed by atoms with Crippen LogP contribution in [0.15, 0.2) is 24.3 Å². The van der Waals surface area contributed by atoms with E-state index in [4.69, 9.17) is 0 Å². The SMILES string of the molecule is CC1C(=O)N(Cc2ccccc2[N+](=O)[O-])C(=O)CC1(C)C. The molecule has 0 saturated carbocycles. The lowest BCUT2D eigenvalue weighted by atomic mass is 9.73. The Morgan fingerprint density at radius 1 is 1.33 bits per heavy atom.